The molecular formula is C23H28F3IN2O7. The Balaban J connectivity index is 2.53. The smallest absolute Gasteiger partial charge is 0.406 e. The van der Waals surface area contributed by atoms with Gasteiger partial charge < -0.3 is 29.9 Å². The molecule has 0 heterocycles. The summed E-state index contributed by atoms with van der Waals surface area (Å²) < 4.78 is 51.8. The molecule has 3 N–H and O–H groups in total. The maximum absolute atomic E-state index is 13.4. The second kappa shape index (κ2) is 13.2. The number of hydrogen-bond donors (Lipinski definition) is 3. The molecule has 13 heteroatoms. The molecule has 0 saturated heterocycles. The van der Waals surface area contributed by atoms with E-state index in [-0.39, 0.29) is 55.0 Å². The summed E-state index contributed by atoms with van der Waals surface area (Å²) in [6, 6.07) is 1.45. The monoisotopic (exact) mass is 628 g/mol. The van der Waals surface area contributed by atoms with Gasteiger partial charge >= 0.3 is 6.18 Å². The molecule has 0 aliphatic heterocycles. The Labute approximate surface area is 219 Å². The Morgan fingerprint density at radius 2 is 2.03 bits per heavy atom. The molecule has 1 aliphatic carbocycles. The number of halogens is 4. The fourth-order valence-electron chi connectivity index (χ4n) is 3.78. The third-order valence-corrected chi connectivity index (χ3v) is 6.19. The quantitative estimate of drug-likeness (QED) is 0.254. The summed E-state index contributed by atoms with van der Waals surface area (Å²) in [5.74, 6) is -1.27. The zero-order valence-electron chi connectivity index (χ0n) is 19.7. The van der Waals surface area contributed by atoms with Crippen LogP contribution in [0, 0.1) is 3.57 Å². The highest BCUT2D eigenvalue weighted by Crippen LogP contribution is 2.37. The van der Waals surface area contributed by atoms with Crippen molar-refractivity contribution >= 4 is 40.7 Å². The van der Waals surface area contributed by atoms with Crippen LogP contribution < -0.4 is 14.8 Å². The Morgan fingerprint density at radius 3 is 2.58 bits per heavy atom. The Morgan fingerprint density at radius 1 is 1.33 bits per heavy atom. The molecule has 3 atom stereocenters. The summed E-state index contributed by atoms with van der Waals surface area (Å²) in [4.78, 5) is 37.1. The first kappa shape index (κ1) is 29.8. The second-order valence-corrected chi connectivity index (χ2v) is 9.22. The number of aliphatic hydroxyl groups excluding tert-OH is 2. The Kier molecular flexibility index (Phi) is 11.0. The topological polar surface area (TPSA) is 125 Å². The average molecular weight is 628 g/mol. The fraction of sp³-hybridized carbons (Fsp3) is 0.522. The number of carbonyl (C=O) groups is 3. The van der Waals surface area contributed by atoms with Crippen molar-refractivity contribution in [2.24, 2.45) is 0 Å². The van der Waals surface area contributed by atoms with Gasteiger partial charge in [-0.05, 0) is 47.2 Å². The van der Waals surface area contributed by atoms with E-state index in [4.69, 9.17) is 14.6 Å². The predicted molar refractivity (Wildman–Crippen MR) is 131 cm³/mol. The van der Waals surface area contributed by atoms with E-state index in [1.54, 1.807) is 6.92 Å². The zero-order chi connectivity index (χ0) is 27.0. The number of methoxy groups -OCH3 is 1. The van der Waals surface area contributed by atoms with Crippen LogP contribution in [0.3, 0.4) is 0 Å². The molecule has 1 aliphatic rings. The maximum Gasteiger partial charge on any atom is 0.406 e. The lowest BCUT2D eigenvalue weighted by Crippen LogP contribution is -2.57. The predicted octanol–water partition coefficient (Wildman–Crippen LogP) is 2.22. The standard InChI is InChI=1S/C23H28F3IN2O7/c1-3-4-19(32)29(12-23(24,25)26)16-9-14(22(34)28-5-6-30)10-17(20(16)33)36-21-15(27)7-13(11-31)8-18(21)35-2/h7-8,10-11,16-17,20,30,33H,3-6,9,12H2,1-2H3,(H,28,34)/t16-,17+,20+/m1/s1. The van der Waals surface area contributed by atoms with Crippen molar-refractivity contribution in [3.8, 4) is 11.5 Å². The average Bonchev–Trinajstić information content (AvgIpc) is 2.82. The van der Waals surface area contributed by atoms with Crippen LogP contribution in [0.2, 0.25) is 0 Å². The molecular weight excluding hydrogens is 600 g/mol. The van der Waals surface area contributed by atoms with Gasteiger partial charge in [0.1, 0.15) is 25.0 Å². The number of ether oxygens (including phenoxy) is 2. The van der Waals surface area contributed by atoms with E-state index in [2.05, 4.69) is 5.32 Å². The van der Waals surface area contributed by atoms with Crippen molar-refractivity contribution in [2.75, 3.05) is 26.8 Å². The van der Waals surface area contributed by atoms with Gasteiger partial charge in [-0.1, -0.05) is 6.92 Å². The number of hydrogen-bond acceptors (Lipinski definition) is 7. The van der Waals surface area contributed by atoms with Crippen LogP contribution >= 0.6 is 22.6 Å². The fourth-order valence-corrected chi connectivity index (χ4v) is 4.53. The molecule has 0 bridgehead atoms. The first-order chi connectivity index (χ1) is 16.9. The molecule has 2 rings (SSSR count). The van der Waals surface area contributed by atoms with Crippen molar-refractivity contribution in [1.29, 1.82) is 0 Å². The number of aliphatic hydroxyl groups is 2. The summed E-state index contributed by atoms with van der Waals surface area (Å²) in [6.45, 7) is -0.439. The van der Waals surface area contributed by atoms with Gasteiger partial charge in [0.15, 0.2) is 11.5 Å². The Bertz CT molecular complexity index is 987. The maximum atomic E-state index is 13.4. The van der Waals surface area contributed by atoms with Gasteiger partial charge in [0.2, 0.25) is 11.8 Å². The van der Waals surface area contributed by atoms with Gasteiger partial charge in [0, 0.05) is 30.5 Å². The third-order valence-electron chi connectivity index (χ3n) is 5.39. The number of alkyl halides is 3. The summed E-state index contributed by atoms with van der Waals surface area (Å²) >= 11 is 1.87. The molecule has 1 aromatic carbocycles. The van der Waals surface area contributed by atoms with Crippen LogP contribution in [0.1, 0.15) is 36.5 Å². The summed E-state index contributed by atoms with van der Waals surface area (Å²) in [7, 11) is 1.32. The summed E-state index contributed by atoms with van der Waals surface area (Å²) in [6.07, 6.45) is -6.11. The van der Waals surface area contributed by atoms with Crippen LogP contribution in [-0.2, 0) is 9.59 Å². The first-order valence-electron chi connectivity index (χ1n) is 11.1. The van der Waals surface area contributed by atoms with Crippen molar-refractivity contribution in [3.05, 3.63) is 32.9 Å². The van der Waals surface area contributed by atoms with Gasteiger partial charge in [-0.25, -0.2) is 0 Å². The highest BCUT2D eigenvalue weighted by atomic mass is 127. The van der Waals surface area contributed by atoms with Crippen LogP contribution in [-0.4, -0.2) is 84.4 Å². The van der Waals surface area contributed by atoms with Crippen molar-refractivity contribution < 1.29 is 47.2 Å². The minimum Gasteiger partial charge on any atom is -0.493 e. The highest BCUT2D eigenvalue weighted by molar-refractivity contribution is 14.1. The van der Waals surface area contributed by atoms with Crippen LogP contribution in [0.5, 0.6) is 11.5 Å². The molecule has 0 radical (unpaired) electrons. The molecule has 9 nitrogen and oxygen atoms in total. The minimum atomic E-state index is -4.75. The van der Waals surface area contributed by atoms with E-state index in [1.807, 2.05) is 22.6 Å². The van der Waals surface area contributed by atoms with E-state index in [0.29, 0.717) is 14.8 Å². The molecule has 0 spiro atoms. The van der Waals surface area contributed by atoms with Crippen molar-refractivity contribution in [1.82, 2.24) is 10.2 Å². The minimum absolute atomic E-state index is 0.0151. The SMILES string of the molecule is CCCC(=O)N(CC(F)(F)F)[C@@H]1CC(C(=O)NCCO)=C[C@H](Oc2c(I)cc(C=O)cc2OC)[C@H]1O. The van der Waals surface area contributed by atoms with E-state index >= 15 is 0 Å². The van der Waals surface area contributed by atoms with Gasteiger partial charge in [0.05, 0.1) is 23.3 Å². The van der Waals surface area contributed by atoms with Crippen LogP contribution in [0.25, 0.3) is 0 Å². The van der Waals surface area contributed by atoms with E-state index < -0.39 is 42.8 Å². The molecule has 0 fully saturated rings. The molecule has 200 valence electrons. The van der Waals surface area contributed by atoms with Crippen LogP contribution in [0.4, 0.5) is 13.2 Å². The number of carbonyl (C=O) groups excluding carboxylic acids is 3. The third kappa shape index (κ3) is 7.80. The van der Waals surface area contributed by atoms with E-state index in [0.717, 1.165) is 0 Å². The number of nitrogens with zero attached hydrogens (tertiary/aromatic N) is 1. The number of benzene rings is 1. The summed E-state index contributed by atoms with van der Waals surface area (Å²) in [5, 5.41) is 22.5. The lowest BCUT2D eigenvalue weighted by Gasteiger charge is -2.41. The molecule has 2 amide bonds. The molecule has 1 aromatic rings. The molecule has 36 heavy (non-hydrogen) atoms. The number of amides is 2. The number of rotatable bonds is 11. The second-order valence-electron chi connectivity index (χ2n) is 8.05. The van der Waals surface area contributed by atoms with Crippen molar-refractivity contribution in [3.63, 3.8) is 0 Å². The number of nitrogens with one attached hydrogen (secondary N) is 1. The van der Waals surface area contributed by atoms with Gasteiger partial charge in [-0.2, -0.15) is 13.2 Å². The zero-order valence-corrected chi connectivity index (χ0v) is 21.8. The van der Waals surface area contributed by atoms with Gasteiger partial charge in [-0.3, -0.25) is 14.4 Å². The van der Waals surface area contributed by atoms with Gasteiger partial charge in [-0.15, -0.1) is 0 Å². The molecule has 0 saturated carbocycles. The summed E-state index contributed by atoms with van der Waals surface area (Å²) in [5.41, 5.74) is 0.269. The normalized spacial score (nSPS) is 19.8. The Hall–Kier alpha value is -2.39. The number of aldehydes is 1. The lowest BCUT2D eigenvalue weighted by molar-refractivity contribution is -0.172. The first-order valence-corrected chi connectivity index (χ1v) is 12.2. The lowest BCUT2D eigenvalue weighted by atomic mass is 9.88. The van der Waals surface area contributed by atoms with Crippen molar-refractivity contribution in [2.45, 2.75) is 50.6 Å². The van der Waals surface area contributed by atoms with Crippen LogP contribution in [0.15, 0.2) is 23.8 Å². The highest BCUT2D eigenvalue weighted by Gasteiger charge is 2.44. The molecule has 0 aromatic heterocycles. The van der Waals surface area contributed by atoms with E-state index in [9.17, 15) is 32.7 Å². The largest absolute Gasteiger partial charge is 0.493 e. The molecule has 0 unspecified atom stereocenters. The van der Waals surface area contributed by atoms with Gasteiger partial charge in [0.25, 0.3) is 0 Å². The van der Waals surface area contributed by atoms with E-state index in [1.165, 1.54) is 25.3 Å².